The smallest absolute Gasteiger partial charge is 0.222 e. The number of hydrogen-bond acceptors (Lipinski definition) is 0. The van der Waals surface area contributed by atoms with Crippen molar-refractivity contribution in [3.63, 3.8) is 0 Å². The summed E-state index contributed by atoms with van der Waals surface area (Å²) in [6.07, 6.45) is 0.836. The lowest BCUT2D eigenvalue weighted by molar-refractivity contribution is 0.633. The van der Waals surface area contributed by atoms with Crippen LogP contribution in [0.2, 0.25) is 0 Å². The third-order valence-electron chi connectivity index (χ3n) is 1.54. The first-order chi connectivity index (χ1) is 5.27. The Labute approximate surface area is 65.3 Å². The van der Waals surface area contributed by atoms with E-state index >= 15 is 0 Å². The van der Waals surface area contributed by atoms with E-state index < -0.39 is 5.82 Å². The lowest BCUT2D eigenvalue weighted by Crippen LogP contribution is -1.80. The van der Waals surface area contributed by atoms with Crippen molar-refractivity contribution >= 4 is 5.69 Å². The molecule has 0 radical (unpaired) electrons. The van der Waals surface area contributed by atoms with Gasteiger partial charge in [-0.2, -0.15) is 0 Å². The molecule has 0 aliphatic heterocycles. The summed E-state index contributed by atoms with van der Waals surface area (Å²) >= 11 is 0. The highest BCUT2D eigenvalue weighted by Gasteiger charge is 2.00. The van der Waals surface area contributed by atoms with E-state index in [1.807, 2.05) is 6.92 Å². The summed E-state index contributed by atoms with van der Waals surface area (Å²) in [7, 11) is 0. The van der Waals surface area contributed by atoms with Gasteiger partial charge >= 0.3 is 0 Å². The third-order valence-corrected chi connectivity index (χ3v) is 1.54. The largest absolute Gasteiger partial charge is 0.235 e. The summed E-state index contributed by atoms with van der Waals surface area (Å²) in [5.74, 6) is -0.433. The number of aryl methyl sites for hydroxylation is 1. The Hall–Kier alpha value is -1.36. The first kappa shape index (κ1) is 7.74. The Kier molecular flexibility index (Phi) is 2.22. The van der Waals surface area contributed by atoms with Crippen LogP contribution in [0.3, 0.4) is 0 Å². The van der Waals surface area contributed by atoms with Crippen LogP contribution < -0.4 is 0 Å². The molecule has 2 heteroatoms. The zero-order chi connectivity index (χ0) is 8.27. The second-order valence-corrected chi connectivity index (χ2v) is 2.25. The van der Waals surface area contributed by atoms with E-state index in [1.54, 1.807) is 12.1 Å². The maximum Gasteiger partial charge on any atom is 0.222 e. The second kappa shape index (κ2) is 3.16. The topological polar surface area (TPSA) is 4.36 Å². The number of rotatable bonds is 1. The van der Waals surface area contributed by atoms with E-state index in [0.29, 0.717) is 0 Å². The minimum atomic E-state index is -0.433. The van der Waals surface area contributed by atoms with Gasteiger partial charge in [0, 0.05) is 0 Å². The number of nitrogens with zero attached hydrogens (tertiary/aromatic N) is 1. The lowest BCUT2D eigenvalue weighted by atomic mass is 10.1. The summed E-state index contributed by atoms with van der Waals surface area (Å²) in [6, 6.07) is 4.62. The van der Waals surface area contributed by atoms with Crippen LogP contribution in [-0.2, 0) is 6.42 Å². The van der Waals surface area contributed by atoms with E-state index in [4.69, 9.17) is 6.57 Å². The lowest BCUT2D eigenvalue weighted by Gasteiger charge is -1.96. The van der Waals surface area contributed by atoms with Crippen molar-refractivity contribution < 1.29 is 4.39 Å². The Morgan fingerprint density at radius 3 is 2.82 bits per heavy atom. The molecule has 0 aromatic heterocycles. The van der Waals surface area contributed by atoms with Crippen LogP contribution >= 0.6 is 0 Å². The summed E-state index contributed by atoms with van der Waals surface area (Å²) in [6.45, 7) is 8.61. The molecule has 0 amide bonds. The number of benzene rings is 1. The zero-order valence-corrected chi connectivity index (χ0v) is 6.26. The van der Waals surface area contributed by atoms with Crippen LogP contribution in [0.15, 0.2) is 18.2 Å². The highest BCUT2D eigenvalue weighted by atomic mass is 19.1. The minimum Gasteiger partial charge on any atom is -0.235 e. The van der Waals surface area contributed by atoms with Gasteiger partial charge in [0.1, 0.15) is 5.82 Å². The van der Waals surface area contributed by atoms with Crippen LogP contribution in [0.5, 0.6) is 0 Å². The molecule has 0 unspecified atom stereocenters. The standard InChI is InChI=1S/C9H8FN/c1-3-7-4-5-8(10)9(6-7)11-2/h4-6H,3H2,1H3. The fourth-order valence-corrected chi connectivity index (χ4v) is 0.864. The fraction of sp³-hybridized carbons (Fsp3) is 0.222. The second-order valence-electron chi connectivity index (χ2n) is 2.25. The fourth-order valence-electron chi connectivity index (χ4n) is 0.864. The maximum atomic E-state index is 12.7. The molecule has 0 saturated carbocycles. The van der Waals surface area contributed by atoms with Crippen molar-refractivity contribution in [2.24, 2.45) is 0 Å². The molecule has 1 nitrogen and oxygen atoms in total. The molecule has 1 aromatic carbocycles. The van der Waals surface area contributed by atoms with Crippen LogP contribution in [0.4, 0.5) is 10.1 Å². The Morgan fingerprint density at radius 2 is 2.27 bits per heavy atom. The molecular weight excluding hydrogens is 141 g/mol. The first-order valence-corrected chi connectivity index (χ1v) is 3.43. The Morgan fingerprint density at radius 1 is 1.55 bits per heavy atom. The van der Waals surface area contributed by atoms with Crippen molar-refractivity contribution in [1.82, 2.24) is 0 Å². The van der Waals surface area contributed by atoms with E-state index in [2.05, 4.69) is 4.85 Å². The van der Waals surface area contributed by atoms with E-state index in [0.717, 1.165) is 12.0 Å². The average molecular weight is 149 g/mol. The summed E-state index contributed by atoms with van der Waals surface area (Å²) in [5, 5.41) is 0. The molecule has 0 N–H and O–H groups in total. The van der Waals surface area contributed by atoms with Crippen LogP contribution in [0, 0.1) is 12.4 Å². The molecule has 0 fully saturated rings. The number of halogens is 1. The molecule has 0 atom stereocenters. The van der Waals surface area contributed by atoms with Crippen molar-refractivity contribution in [2.75, 3.05) is 0 Å². The van der Waals surface area contributed by atoms with E-state index in [-0.39, 0.29) is 5.69 Å². The SMILES string of the molecule is [C-]#[N+]c1cc(CC)ccc1F. The van der Waals surface area contributed by atoms with Crippen molar-refractivity contribution in [3.05, 3.63) is 41.0 Å². The maximum absolute atomic E-state index is 12.7. The highest BCUT2D eigenvalue weighted by Crippen LogP contribution is 2.19. The van der Waals surface area contributed by atoms with Gasteiger partial charge in [-0.1, -0.05) is 24.6 Å². The van der Waals surface area contributed by atoms with Gasteiger partial charge in [0.05, 0.1) is 6.57 Å². The molecule has 0 aliphatic rings. The van der Waals surface area contributed by atoms with Gasteiger partial charge in [0.15, 0.2) is 0 Å². The van der Waals surface area contributed by atoms with Crippen LogP contribution in [0.1, 0.15) is 12.5 Å². The summed E-state index contributed by atoms with van der Waals surface area (Å²) < 4.78 is 12.7. The van der Waals surface area contributed by atoms with Crippen molar-refractivity contribution in [3.8, 4) is 0 Å². The molecule has 1 aromatic rings. The van der Waals surface area contributed by atoms with E-state index in [1.165, 1.54) is 6.07 Å². The average Bonchev–Trinajstić information content (AvgIpc) is 2.05. The first-order valence-electron chi connectivity index (χ1n) is 3.43. The molecule has 0 bridgehead atoms. The summed E-state index contributed by atoms with van der Waals surface area (Å²) in [4.78, 5) is 3.05. The molecule has 1 rings (SSSR count). The minimum absolute atomic E-state index is 0.115. The molecule has 0 spiro atoms. The van der Waals surface area contributed by atoms with Gasteiger partial charge in [-0.05, 0) is 12.5 Å². The van der Waals surface area contributed by atoms with Gasteiger partial charge in [0.25, 0.3) is 0 Å². The van der Waals surface area contributed by atoms with Gasteiger partial charge in [-0.15, -0.1) is 0 Å². The highest BCUT2D eigenvalue weighted by molar-refractivity contribution is 5.48. The molecule has 0 aliphatic carbocycles. The zero-order valence-electron chi connectivity index (χ0n) is 6.26. The molecule has 0 heterocycles. The van der Waals surface area contributed by atoms with Crippen molar-refractivity contribution in [2.45, 2.75) is 13.3 Å². The number of hydrogen-bond donors (Lipinski definition) is 0. The normalized spacial score (nSPS) is 9.18. The molecular formula is C9H8FN. The van der Waals surface area contributed by atoms with Gasteiger partial charge < -0.3 is 0 Å². The van der Waals surface area contributed by atoms with Crippen LogP contribution in [-0.4, -0.2) is 0 Å². The molecule has 0 saturated heterocycles. The van der Waals surface area contributed by atoms with E-state index in [9.17, 15) is 4.39 Å². The van der Waals surface area contributed by atoms with Gasteiger partial charge in [0.2, 0.25) is 5.69 Å². The molecule has 56 valence electrons. The summed E-state index contributed by atoms with van der Waals surface area (Å²) in [5.41, 5.74) is 1.11. The van der Waals surface area contributed by atoms with Gasteiger partial charge in [-0.25, -0.2) is 9.24 Å². The Bertz CT molecular complexity index is 299. The Balaban J connectivity index is 3.15. The quantitative estimate of drug-likeness (QED) is 0.541. The third kappa shape index (κ3) is 1.56. The van der Waals surface area contributed by atoms with Crippen molar-refractivity contribution in [1.29, 1.82) is 0 Å². The van der Waals surface area contributed by atoms with Crippen LogP contribution in [0.25, 0.3) is 4.85 Å². The predicted molar refractivity (Wildman–Crippen MR) is 42.0 cm³/mol. The van der Waals surface area contributed by atoms with Gasteiger partial charge in [-0.3, -0.25) is 0 Å². The molecule has 11 heavy (non-hydrogen) atoms. The monoisotopic (exact) mass is 149 g/mol. The predicted octanol–water partition coefficient (Wildman–Crippen LogP) is 2.94.